The second-order valence-electron chi connectivity index (χ2n) is 5.48. The smallest absolute Gasteiger partial charge is 0.318 e. The third kappa shape index (κ3) is 4.96. The van der Waals surface area contributed by atoms with Crippen LogP contribution in [0.2, 0.25) is 5.02 Å². The Hall–Kier alpha value is -2.54. The van der Waals surface area contributed by atoms with Gasteiger partial charge >= 0.3 is 18.0 Å². The van der Waals surface area contributed by atoms with Gasteiger partial charge in [0, 0.05) is 11.4 Å². The highest BCUT2D eigenvalue weighted by molar-refractivity contribution is 6.43. The number of benzene rings is 2. The van der Waals surface area contributed by atoms with Crippen LogP contribution in [0.1, 0.15) is 16.7 Å². The molecule has 2 N–H and O–H groups in total. The lowest BCUT2D eigenvalue weighted by atomic mass is 10.1. The Labute approximate surface area is 147 Å². The minimum atomic E-state index is -4.67. The van der Waals surface area contributed by atoms with Gasteiger partial charge in [0.05, 0.1) is 10.6 Å². The number of nitrogens with one attached hydrogen (secondary N) is 2. The van der Waals surface area contributed by atoms with E-state index in [4.69, 9.17) is 11.6 Å². The predicted octanol–water partition coefficient (Wildman–Crippen LogP) is 4.55. The molecule has 0 saturated heterocycles. The van der Waals surface area contributed by atoms with Crippen LogP contribution in [0.4, 0.5) is 24.5 Å². The van der Waals surface area contributed by atoms with Crippen LogP contribution in [0.5, 0.6) is 0 Å². The molecule has 0 atom stereocenters. The van der Waals surface area contributed by atoms with Crippen molar-refractivity contribution in [1.82, 2.24) is 0 Å². The summed E-state index contributed by atoms with van der Waals surface area (Å²) in [6.07, 6.45) is -4.67. The summed E-state index contributed by atoms with van der Waals surface area (Å²) in [6, 6.07) is 8.08. The van der Waals surface area contributed by atoms with Crippen LogP contribution in [0.3, 0.4) is 0 Å². The Balaban J connectivity index is 2.12. The quantitative estimate of drug-likeness (QED) is 0.762. The molecule has 0 saturated carbocycles. The molecule has 2 amide bonds. The molecule has 0 radical (unpaired) electrons. The summed E-state index contributed by atoms with van der Waals surface area (Å²) in [5.41, 5.74) is 0.926. The molecule has 0 aromatic heterocycles. The van der Waals surface area contributed by atoms with E-state index in [1.54, 1.807) is 12.1 Å². The fraction of sp³-hybridized carbons (Fsp3) is 0.176. The normalized spacial score (nSPS) is 11.1. The standard InChI is InChI=1S/C17H14ClF3N2O2/c1-9-5-10(2)7-12(6-9)23-16(25)15(24)22-11-3-4-14(18)13(8-11)17(19,20)21/h3-8H,1-2H3,(H,22,24)(H,23,25). The van der Waals surface area contributed by atoms with Crippen molar-refractivity contribution in [3.63, 3.8) is 0 Å². The van der Waals surface area contributed by atoms with Crippen LogP contribution in [0.25, 0.3) is 0 Å². The maximum atomic E-state index is 12.8. The zero-order chi connectivity index (χ0) is 18.8. The van der Waals surface area contributed by atoms with Gasteiger partial charge in [0.25, 0.3) is 0 Å². The number of hydrogen-bond donors (Lipinski definition) is 2. The summed E-state index contributed by atoms with van der Waals surface area (Å²) in [5, 5.41) is 4.03. The minimum Gasteiger partial charge on any atom is -0.318 e. The third-order valence-corrected chi connectivity index (χ3v) is 3.55. The lowest BCUT2D eigenvalue weighted by Crippen LogP contribution is -2.29. The summed E-state index contributed by atoms with van der Waals surface area (Å²) in [4.78, 5) is 23.8. The molecule has 0 fully saturated rings. The molecule has 0 bridgehead atoms. The number of aryl methyl sites for hydroxylation is 2. The van der Waals surface area contributed by atoms with Gasteiger partial charge < -0.3 is 10.6 Å². The summed E-state index contributed by atoms with van der Waals surface area (Å²) in [5.74, 6) is -2.08. The predicted molar refractivity (Wildman–Crippen MR) is 89.6 cm³/mol. The van der Waals surface area contributed by atoms with E-state index < -0.39 is 28.6 Å². The van der Waals surface area contributed by atoms with Gasteiger partial charge in [0.2, 0.25) is 0 Å². The highest BCUT2D eigenvalue weighted by Crippen LogP contribution is 2.36. The molecule has 25 heavy (non-hydrogen) atoms. The third-order valence-electron chi connectivity index (χ3n) is 3.22. The maximum absolute atomic E-state index is 12.8. The Kier molecular flexibility index (Phi) is 5.37. The maximum Gasteiger partial charge on any atom is 0.417 e. The lowest BCUT2D eigenvalue weighted by Gasteiger charge is -2.12. The van der Waals surface area contributed by atoms with Crippen molar-refractivity contribution < 1.29 is 22.8 Å². The van der Waals surface area contributed by atoms with Crippen molar-refractivity contribution in [3.05, 3.63) is 58.1 Å². The second kappa shape index (κ2) is 7.14. The first kappa shape index (κ1) is 18.8. The van der Waals surface area contributed by atoms with Gasteiger partial charge in [-0.3, -0.25) is 9.59 Å². The topological polar surface area (TPSA) is 58.2 Å². The van der Waals surface area contributed by atoms with Crippen molar-refractivity contribution in [2.24, 2.45) is 0 Å². The highest BCUT2D eigenvalue weighted by atomic mass is 35.5. The second-order valence-corrected chi connectivity index (χ2v) is 5.88. The molecule has 132 valence electrons. The van der Waals surface area contributed by atoms with Crippen molar-refractivity contribution in [3.8, 4) is 0 Å². The molecule has 0 aliphatic rings. The molecular formula is C17H14ClF3N2O2. The zero-order valence-corrected chi connectivity index (χ0v) is 14.0. The number of rotatable bonds is 2. The molecule has 2 rings (SSSR count). The van der Waals surface area contributed by atoms with Gasteiger partial charge in [-0.25, -0.2) is 0 Å². The van der Waals surface area contributed by atoms with E-state index in [1.807, 2.05) is 19.9 Å². The van der Waals surface area contributed by atoms with Crippen LogP contribution in [0, 0.1) is 13.8 Å². The molecule has 0 aliphatic carbocycles. The number of carbonyl (C=O) groups is 2. The number of amides is 2. The Morgan fingerprint density at radius 2 is 1.40 bits per heavy atom. The van der Waals surface area contributed by atoms with E-state index in [0.29, 0.717) is 11.8 Å². The molecule has 0 aliphatic heterocycles. The Morgan fingerprint density at radius 1 is 0.880 bits per heavy atom. The molecule has 8 heteroatoms. The van der Waals surface area contributed by atoms with E-state index in [9.17, 15) is 22.8 Å². The first-order chi connectivity index (χ1) is 11.6. The van der Waals surface area contributed by atoms with Crippen LogP contribution in [-0.4, -0.2) is 11.8 Å². The lowest BCUT2D eigenvalue weighted by molar-refractivity contribution is -0.137. The van der Waals surface area contributed by atoms with Gasteiger partial charge in [-0.15, -0.1) is 0 Å². The first-order valence-electron chi connectivity index (χ1n) is 7.13. The van der Waals surface area contributed by atoms with Gasteiger partial charge in [-0.1, -0.05) is 17.7 Å². The van der Waals surface area contributed by atoms with Crippen LogP contribution in [-0.2, 0) is 15.8 Å². The van der Waals surface area contributed by atoms with E-state index in [-0.39, 0.29) is 5.69 Å². The number of hydrogen-bond acceptors (Lipinski definition) is 2. The molecule has 0 unspecified atom stereocenters. The molecule has 2 aromatic rings. The van der Waals surface area contributed by atoms with Crippen LogP contribution >= 0.6 is 11.6 Å². The summed E-state index contributed by atoms with van der Waals surface area (Å²) in [6.45, 7) is 3.66. The largest absolute Gasteiger partial charge is 0.417 e. The number of alkyl halides is 3. The Bertz CT molecular complexity index is 815. The fourth-order valence-corrected chi connectivity index (χ4v) is 2.47. The summed E-state index contributed by atoms with van der Waals surface area (Å²) >= 11 is 5.50. The minimum absolute atomic E-state index is 0.183. The average Bonchev–Trinajstić information content (AvgIpc) is 2.46. The Morgan fingerprint density at radius 3 is 1.92 bits per heavy atom. The zero-order valence-electron chi connectivity index (χ0n) is 13.3. The molecular weight excluding hydrogens is 357 g/mol. The molecule has 0 heterocycles. The fourth-order valence-electron chi connectivity index (χ4n) is 2.24. The van der Waals surface area contributed by atoms with Crippen molar-refractivity contribution >= 4 is 34.8 Å². The van der Waals surface area contributed by atoms with Gasteiger partial charge in [-0.2, -0.15) is 13.2 Å². The van der Waals surface area contributed by atoms with E-state index in [2.05, 4.69) is 10.6 Å². The summed E-state index contributed by atoms with van der Waals surface area (Å²) in [7, 11) is 0. The number of anilines is 2. The van der Waals surface area contributed by atoms with E-state index >= 15 is 0 Å². The van der Waals surface area contributed by atoms with E-state index in [1.165, 1.54) is 6.07 Å². The highest BCUT2D eigenvalue weighted by Gasteiger charge is 2.33. The number of carbonyl (C=O) groups excluding carboxylic acids is 2. The van der Waals surface area contributed by atoms with E-state index in [0.717, 1.165) is 17.2 Å². The van der Waals surface area contributed by atoms with Gasteiger partial charge in [0.15, 0.2) is 0 Å². The van der Waals surface area contributed by atoms with Crippen LogP contribution in [0.15, 0.2) is 36.4 Å². The van der Waals surface area contributed by atoms with Crippen molar-refractivity contribution in [1.29, 1.82) is 0 Å². The molecule has 0 spiro atoms. The SMILES string of the molecule is Cc1cc(C)cc(NC(=O)C(=O)Nc2ccc(Cl)c(C(F)(F)F)c2)c1. The first-order valence-corrected chi connectivity index (χ1v) is 7.51. The average molecular weight is 371 g/mol. The van der Waals surface area contributed by atoms with Crippen LogP contribution < -0.4 is 10.6 Å². The molecule has 2 aromatic carbocycles. The van der Waals surface area contributed by atoms with Crippen molar-refractivity contribution in [2.45, 2.75) is 20.0 Å². The monoisotopic (exact) mass is 370 g/mol. The number of halogens is 4. The summed E-state index contributed by atoms with van der Waals surface area (Å²) < 4.78 is 38.4. The van der Waals surface area contributed by atoms with Gasteiger partial charge in [0.1, 0.15) is 0 Å². The molecule has 4 nitrogen and oxygen atoms in total. The van der Waals surface area contributed by atoms with Gasteiger partial charge in [-0.05, 0) is 55.3 Å². The van der Waals surface area contributed by atoms with Crippen molar-refractivity contribution in [2.75, 3.05) is 10.6 Å².